The molecule has 4 atom stereocenters. The van der Waals surface area contributed by atoms with E-state index in [0.29, 0.717) is 5.56 Å². The van der Waals surface area contributed by atoms with E-state index in [9.17, 15) is 39.6 Å². The number of Topliss-reactive ketones (excluding diaryl/α,β-unsaturated/α-hetero) is 2. The number of carbonyl (C=O) groups is 4. The second-order valence-corrected chi connectivity index (χ2v) is 9.36. The molecule has 4 rings (SSSR count). The van der Waals surface area contributed by atoms with Gasteiger partial charge < -0.3 is 30.9 Å². The van der Waals surface area contributed by atoms with E-state index in [4.69, 9.17) is 16.9 Å². The van der Waals surface area contributed by atoms with E-state index in [1.807, 2.05) is 0 Å². The van der Waals surface area contributed by atoms with E-state index in [1.54, 1.807) is 14.1 Å². The van der Waals surface area contributed by atoms with Crippen molar-refractivity contribution in [1.29, 1.82) is 0 Å². The highest BCUT2D eigenvalue weighted by Gasteiger charge is 2.63. The maximum absolute atomic E-state index is 13.6. The first-order valence-corrected chi connectivity index (χ1v) is 11.2. The van der Waals surface area contributed by atoms with E-state index in [1.165, 1.54) is 17.0 Å². The van der Waals surface area contributed by atoms with Crippen LogP contribution < -0.4 is 11.1 Å². The van der Waals surface area contributed by atoms with Crippen LogP contribution in [0.4, 0.5) is 10.5 Å². The van der Waals surface area contributed by atoms with Gasteiger partial charge in [0, 0.05) is 11.5 Å². The Balaban J connectivity index is 1.84. The molecule has 0 unspecified atom stereocenters. The summed E-state index contributed by atoms with van der Waals surface area (Å²) in [5, 5.41) is 46.6. The predicted molar refractivity (Wildman–Crippen MR) is 127 cm³/mol. The minimum absolute atomic E-state index is 0.0229. The number of phenols is 1. The number of benzene rings is 1. The molecule has 0 spiro atoms. The van der Waals surface area contributed by atoms with Gasteiger partial charge in [0.15, 0.2) is 23.7 Å². The Kier molecular flexibility index (Phi) is 6.23. The molecule has 0 fully saturated rings. The zero-order chi connectivity index (χ0) is 27.4. The quantitative estimate of drug-likeness (QED) is 0.186. The molecule has 7 N–H and O–H groups in total. The number of phenolic OH excluding ortho intramolecular Hbond substituents is 1. The first-order valence-electron chi connectivity index (χ1n) is 11.2. The van der Waals surface area contributed by atoms with Gasteiger partial charge in [-0.2, -0.15) is 0 Å². The van der Waals surface area contributed by atoms with E-state index >= 15 is 0 Å². The lowest BCUT2D eigenvalue weighted by Crippen LogP contribution is -2.63. The number of nitrogens with two attached hydrogens (primary N) is 1. The normalized spacial score (nSPS) is 26.7. The number of likely N-dealkylation sites (N-methyl/N-ethyl adjacent to an activating group) is 1. The van der Waals surface area contributed by atoms with Crippen LogP contribution in [-0.4, -0.2) is 81.2 Å². The fourth-order valence-electron chi connectivity index (χ4n) is 5.58. The van der Waals surface area contributed by atoms with Crippen molar-refractivity contribution < 1.29 is 44.3 Å². The number of rotatable bonds is 4. The maximum Gasteiger partial charge on any atom is 0.412 e. The van der Waals surface area contributed by atoms with Gasteiger partial charge in [-0.05, 0) is 44.5 Å². The van der Waals surface area contributed by atoms with Crippen LogP contribution >= 0.6 is 0 Å². The van der Waals surface area contributed by atoms with Gasteiger partial charge in [0.1, 0.15) is 17.1 Å². The van der Waals surface area contributed by atoms with Crippen molar-refractivity contribution in [2.75, 3.05) is 26.0 Å². The fraction of sp³-hybridized carbons (Fsp3) is 0.360. The molecule has 12 nitrogen and oxygen atoms in total. The molecule has 1 aromatic rings. The van der Waals surface area contributed by atoms with Gasteiger partial charge in [-0.15, -0.1) is 6.42 Å². The lowest BCUT2D eigenvalue weighted by molar-refractivity contribution is -0.148. The first kappa shape index (κ1) is 25.7. The van der Waals surface area contributed by atoms with Crippen molar-refractivity contribution in [2.24, 2.45) is 17.6 Å². The highest BCUT2D eigenvalue weighted by atomic mass is 16.5. The summed E-state index contributed by atoms with van der Waals surface area (Å²) in [4.78, 5) is 52.2. The summed E-state index contributed by atoms with van der Waals surface area (Å²) in [6.45, 7) is -0.322. The Labute approximate surface area is 211 Å². The molecule has 3 aliphatic rings. The number of terminal acetylenes is 1. The topological polar surface area (TPSA) is 200 Å². The van der Waals surface area contributed by atoms with Gasteiger partial charge >= 0.3 is 6.09 Å². The minimum atomic E-state index is -2.73. The van der Waals surface area contributed by atoms with Crippen LogP contribution in [-0.2, 0) is 20.7 Å². The third kappa shape index (κ3) is 3.71. The van der Waals surface area contributed by atoms with Crippen molar-refractivity contribution in [3.8, 4) is 18.1 Å². The van der Waals surface area contributed by atoms with Crippen molar-refractivity contribution in [1.82, 2.24) is 4.90 Å². The molecule has 0 aliphatic heterocycles. The molecule has 0 saturated heterocycles. The molecule has 3 aliphatic carbocycles. The van der Waals surface area contributed by atoms with E-state index in [2.05, 4.69) is 11.2 Å². The lowest BCUT2D eigenvalue weighted by atomic mass is 9.58. The highest BCUT2D eigenvalue weighted by molar-refractivity contribution is 6.25. The van der Waals surface area contributed by atoms with Gasteiger partial charge in [0.2, 0.25) is 5.78 Å². The monoisotopic (exact) mass is 511 g/mol. The molecule has 2 amide bonds. The van der Waals surface area contributed by atoms with Crippen molar-refractivity contribution >= 4 is 29.3 Å². The Bertz CT molecular complexity index is 1350. The summed E-state index contributed by atoms with van der Waals surface area (Å²) < 4.78 is 4.71. The van der Waals surface area contributed by atoms with E-state index in [-0.39, 0.29) is 36.3 Å². The zero-order valence-corrected chi connectivity index (χ0v) is 19.9. The van der Waals surface area contributed by atoms with Crippen molar-refractivity contribution in [3.63, 3.8) is 0 Å². The molecule has 0 heterocycles. The standard InChI is InChI=1S/C25H25N3O9/c1-4-7-37-24(35)27-13-6-5-10-8-11-9-12-17(28(2)3)20(31)16(23(26)34)22(33)25(12,36)21(32)15(11)19(30)14(10)18(13)29/h1,5-6,11-12,17,29,31-32,36H,7-9H2,2-3H3,(H2,26,34)(H,27,35)/t11-,12-,17-,25-/m1/s1. The van der Waals surface area contributed by atoms with Crippen LogP contribution in [0.1, 0.15) is 22.3 Å². The second-order valence-electron chi connectivity index (χ2n) is 9.36. The number of ketones is 2. The van der Waals surface area contributed by atoms with Crippen molar-refractivity contribution in [2.45, 2.75) is 24.5 Å². The van der Waals surface area contributed by atoms with E-state index in [0.717, 1.165) is 0 Å². The molecule has 1 aromatic carbocycles. The molecule has 0 bridgehead atoms. The summed E-state index contributed by atoms with van der Waals surface area (Å²) in [6.07, 6.45) is 4.18. The van der Waals surface area contributed by atoms with Gasteiger partial charge in [-0.25, -0.2) is 4.79 Å². The Morgan fingerprint density at radius 1 is 1.27 bits per heavy atom. The number of hydrogen-bond acceptors (Lipinski definition) is 10. The third-order valence-corrected chi connectivity index (χ3v) is 7.12. The number of ether oxygens (including phenoxy) is 1. The molecule has 0 saturated carbocycles. The molecule has 12 heteroatoms. The Morgan fingerprint density at radius 3 is 2.54 bits per heavy atom. The van der Waals surface area contributed by atoms with Crippen LogP contribution in [0.3, 0.4) is 0 Å². The van der Waals surface area contributed by atoms with Gasteiger partial charge in [0.05, 0.1) is 17.3 Å². The molecule has 37 heavy (non-hydrogen) atoms. The van der Waals surface area contributed by atoms with Gasteiger partial charge in [-0.3, -0.25) is 24.6 Å². The highest BCUT2D eigenvalue weighted by Crippen LogP contribution is 2.52. The summed E-state index contributed by atoms with van der Waals surface area (Å²) in [7, 11) is 3.10. The van der Waals surface area contributed by atoms with Crippen LogP contribution in [0.15, 0.2) is 34.8 Å². The molecule has 194 valence electrons. The summed E-state index contributed by atoms with van der Waals surface area (Å²) in [5.74, 6) is -5.40. The van der Waals surface area contributed by atoms with Crippen LogP contribution in [0.5, 0.6) is 5.75 Å². The number of aromatic hydroxyl groups is 1. The molecular weight excluding hydrogens is 486 g/mol. The zero-order valence-electron chi connectivity index (χ0n) is 19.9. The Hall–Kier alpha value is -4.34. The fourth-order valence-corrected chi connectivity index (χ4v) is 5.58. The van der Waals surface area contributed by atoms with Crippen LogP contribution in [0, 0.1) is 24.2 Å². The van der Waals surface area contributed by atoms with E-state index < -0.39 is 69.9 Å². The number of carbonyl (C=O) groups excluding carboxylic acids is 4. The molecule has 0 radical (unpaired) electrons. The summed E-state index contributed by atoms with van der Waals surface area (Å²) in [5.41, 5.74) is 1.39. The SMILES string of the molecule is C#CCOC(=O)Nc1ccc2c(c1O)C(=O)C1=C(O)[C@@]3(O)C(=O)C(C(N)=O)=C(O)[C@H](N(C)C)[C@H]3C[C@H]1C2. The van der Waals surface area contributed by atoms with Crippen LogP contribution in [0.2, 0.25) is 0 Å². The number of aliphatic hydroxyl groups is 3. The number of hydrogen-bond donors (Lipinski definition) is 6. The number of nitrogens with one attached hydrogen (secondary N) is 1. The smallest absolute Gasteiger partial charge is 0.412 e. The van der Waals surface area contributed by atoms with Crippen LogP contribution in [0.25, 0.3) is 0 Å². The average molecular weight is 511 g/mol. The predicted octanol–water partition coefficient (Wildman–Crippen LogP) is 0.302. The number of amides is 2. The minimum Gasteiger partial charge on any atom is -0.510 e. The average Bonchev–Trinajstić information content (AvgIpc) is 2.81. The number of allylic oxidation sites excluding steroid dienone is 1. The first-order chi connectivity index (χ1) is 17.4. The number of aliphatic hydroxyl groups excluding tert-OH is 2. The van der Waals surface area contributed by atoms with Crippen molar-refractivity contribution in [3.05, 3.63) is 45.9 Å². The maximum atomic E-state index is 13.6. The number of anilines is 1. The molecular formula is C25H25N3O9. The third-order valence-electron chi connectivity index (χ3n) is 7.12. The molecule has 0 aromatic heterocycles. The summed E-state index contributed by atoms with van der Waals surface area (Å²) in [6, 6.07) is 1.81. The largest absolute Gasteiger partial charge is 0.510 e. The van der Waals surface area contributed by atoms with Gasteiger partial charge in [0.25, 0.3) is 5.91 Å². The van der Waals surface area contributed by atoms with Gasteiger partial charge in [-0.1, -0.05) is 12.0 Å². The lowest BCUT2D eigenvalue weighted by Gasteiger charge is -2.50. The second kappa shape index (κ2) is 8.95. The number of nitrogens with zero attached hydrogens (tertiary/aromatic N) is 1. The Morgan fingerprint density at radius 2 is 1.95 bits per heavy atom. The summed E-state index contributed by atoms with van der Waals surface area (Å²) >= 11 is 0. The number of fused-ring (bicyclic) bond motifs is 3. The number of primary amides is 1.